The first kappa shape index (κ1) is 32.0. The molecule has 2 amide bonds. The number of halogens is 1. The lowest BCUT2D eigenvalue weighted by atomic mass is 9.44. The molecule has 4 aromatic carbocycles. The van der Waals surface area contributed by atoms with Gasteiger partial charge < -0.3 is 9.84 Å². The summed E-state index contributed by atoms with van der Waals surface area (Å²) >= 11 is 6.64. The minimum absolute atomic E-state index is 0.0341. The van der Waals surface area contributed by atoms with Crippen molar-refractivity contribution in [3.8, 4) is 11.5 Å². The van der Waals surface area contributed by atoms with Crippen molar-refractivity contribution >= 4 is 40.6 Å². The van der Waals surface area contributed by atoms with Crippen molar-refractivity contribution in [2.45, 2.75) is 30.7 Å². The zero-order valence-electron chi connectivity index (χ0n) is 27.3. The molecule has 250 valence electrons. The van der Waals surface area contributed by atoms with Gasteiger partial charge in [-0.1, -0.05) is 114 Å². The van der Waals surface area contributed by atoms with Crippen molar-refractivity contribution in [3.63, 3.8) is 0 Å². The number of nitrogens with zero attached hydrogens (tertiary/aromatic N) is 1. The Balaban J connectivity index is 1.36. The second-order valence-corrected chi connectivity index (χ2v) is 14.0. The Morgan fingerprint density at radius 3 is 2.20 bits per heavy atom. The Labute approximate surface area is 294 Å². The van der Waals surface area contributed by atoms with E-state index in [1.165, 1.54) is 18.1 Å². The van der Waals surface area contributed by atoms with Gasteiger partial charge in [0, 0.05) is 17.4 Å². The maximum Gasteiger partial charge on any atom is 0.234 e. The van der Waals surface area contributed by atoms with E-state index in [0.29, 0.717) is 28.7 Å². The highest BCUT2D eigenvalue weighted by Gasteiger charge is 2.66. The van der Waals surface area contributed by atoms with Gasteiger partial charge in [0.15, 0.2) is 23.1 Å². The number of carbonyl (C=O) groups excluding carboxylic acids is 4. The first-order valence-electron chi connectivity index (χ1n) is 16.8. The number of methoxy groups -OCH3 is 1. The average Bonchev–Trinajstić information content (AvgIpc) is 3.39. The van der Waals surface area contributed by atoms with Gasteiger partial charge in [-0.2, -0.15) is 0 Å². The number of hydrogen-bond donors (Lipinski definition) is 1. The fourth-order valence-electron chi connectivity index (χ4n) is 9.15. The van der Waals surface area contributed by atoms with Gasteiger partial charge in [-0.25, -0.2) is 0 Å². The van der Waals surface area contributed by atoms with E-state index in [0.717, 1.165) is 11.1 Å². The number of Topliss-reactive ketones (excluding diaryl/α,β-unsaturated/α-hetero) is 1. The van der Waals surface area contributed by atoms with Crippen LogP contribution in [0.1, 0.15) is 41.0 Å². The highest BCUT2D eigenvalue weighted by atomic mass is 35.5. The van der Waals surface area contributed by atoms with Gasteiger partial charge >= 0.3 is 0 Å². The van der Waals surface area contributed by atoms with Crippen molar-refractivity contribution in [1.29, 1.82) is 0 Å². The third-order valence-corrected chi connectivity index (χ3v) is 11.5. The second kappa shape index (κ2) is 12.3. The Kier molecular flexibility index (Phi) is 7.83. The fourth-order valence-corrected chi connectivity index (χ4v) is 9.37. The molecule has 2 fully saturated rings. The quantitative estimate of drug-likeness (QED) is 0.172. The summed E-state index contributed by atoms with van der Waals surface area (Å²) in [6.07, 6.45) is 4.00. The van der Waals surface area contributed by atoms with Crippen LogP contribution in [-0.4, -0.2) is 40.5 Å². The van der Waals surface area contributed by atoms with E-state index < -0.39 is 35.0 Å². The van der Waals surface area contributed by atoms with Gasteiger partial charge in [-0.15, -0.1) is 0 Å². The van der Waals surface area contributed by atoms with E-state index in [1.807, 2.05) is 97.1 Å². The topological polar surface area (TPSA) is 101 Å². The largest absolute Gasteiger partial charge is 0.503 e. The summed E-state index contributed by atoms with van der Waals surface area (Å²) < 4.78 is 5.54. The molecule has 8 rings (SSSR count). The van der Waals surface area contributed by atoms with Crippen molar-refractivity contribution in [1.82, 2.24) is 4.90 Å². The summed E-state index contributed by atoms with van der Waals surface area (Å²) in [6.45, 7) is 0.164. The van der Waals surface area contributed by atoms with E-state index in [4.69, 9.17) is 16.3 Å². The summed E-state index contributed by atoms with van der Waals surface area (Å²) in [5, 5.41) is 10.8. The molecule has 50 heavy (non-hydrogen) atoms. The molecule has 4 aromatic rings. The highest BCUT2D eigenvalue weighted by Crippen LogP contribution is 2.64. The van der Waals surface area contributed by atoms with Crippen LogP contribution < -0.4 is 4.74 Å². The van der Waals surface area contributed by atoms with Crippen molar-refractivity contribution in [2.75, 3.05) is 7.11 Å². The Bertz CT molecular complexity index is 2110. The van der Waals surface area contributed by atoms with Gasteiger partial charge in [0.25, 0.3) is 0 Å². The number of imide groups is 1. The minimum atomic E-state index is -1.41. The van der Waals surface area contributed by atoms with Crippen LogP contribution in [0.4, 0.5) is 0 Å². The molecular weight excluding hydrogens is 650 g/mol. The average molecular weight is 684 g/mol. The molecule has 0 bridgehead atoms. The number of benzene rings is 4. The molecule has 0 unspecified atom stereocenters. The number of amides is 2. The predicted octanol–water partition coefficient (Wildman–Crippen LogP) is 7.08. The number of phenolic OH excluding ortho intramolecular Hbond substituents is 1. The van der Waals surface area contributed by atoms with E-state index in [9.17, 15) is 14.7 Å². The first-order valence-corrected chi connectivity index (χ1v) is 17.2. The Morgan fingerprint density at radius 1 is 0.860 bits per heavy atom. The molecule has 4 aliphatic rings. The van der Waals surface area contributed by atoms with E-state index in [2.05, 4.69) is 0 Å². The van der Waals surface area contributed by atoms with Crippen LogP contribution in [0.15, 0.2) is 121 Å². The molecule has 6 atom stereocenters. The molecule has 0 aromatic heterocycles. The van der Waals surface area contributed by atoms with E-state index >= 15 is 9.59 Å². The number of likely N-dealkylation sites (tertiary alicyclic amines) is 1. The monoisotopic (exact) mass is 683 g/mol. The zero-order chi connectivity index (χ0) is 34.7. The molecule has 0 radical (unpaired) electrons. The van der Waals surface area contributed by atoms with Crippen LogP contribution in [0.5, 0.6) is 11.5 Å². The second-order valence-electron chi connectivity index (χ2n) is 13.6. The van der Waals surface area contributed by atoms with E-state index in [1.54, 1.807) is 12.1 Å². The minimum Gasteiger partial charge on any atom is -0.503 e. The molecule has 1 saturated carbocycles. The maximum atomic E-state index is 15.1. The van der Waals surface area contributed by atoms with Gasteiger partial charge in [0.05, 0.1) is 35.9 Å². The third-order valence-electron chi connectivity index (χ3n) is 11.3. The summed E-state index contributed by atoms with van der Waals surface area (Å²) in [6, 6.07) is 31.2. The lowest BCUT2D eigenvalue weighted by Gasteiger charge is -2.55. The smallest absolute Gasteiger partial charge is 0.234 e. The molecule has 8 heteroatoms. The normalized spacial score (nSPS) is 27.2. The van der Waals surface area contributed by atoms with Crippen LogP contribution in [0.2, 0.25) is 5.02 Å². The van der Waals surface area contributed by atoms with Crippen LogP contribution in [0, 0.1) is 23.7 Å². The molecule has 3 aliphatic carbocycles. The van der Waals surface area contributed by atoms with Gasteiger partial charge in [-0.05, 0) is 59.2 Å². The molecule has 1 N–H and O–H groups in total. The Morgan fingerprint density at radius 2 is 1.52 bits per heavy atom. The fraction of sp³-hybridized carbons (Fsp3) is 0.238. The lowest BCUT2D eigenvalue weighted by Crippen LogP contribution is -2.58. The van der Waals surface area contributed by atoms with Gasteiger partial charge in [0.1, 0.15) is 0 Å². The number of ketones is 2. The van der Waals surface area contributed by atoms with Gasteiger partial charge in [0.2, 0.25) is 11.8 Å². The lowest BCUT2D eigenvalue weighted by molar-refractivity contribution is -0.141. The van der Waals surface area contributed by atoms with E-state index in [-0.39, 0.29) is 52.9 Å². The number of allylic oxidation sites excluding steroid dienone is 4. The molecule has 1 saturated heterocycles. The number of aromatic hydroxyl groups is 1. The highest BCUT2D eigenvalue weighted by molar-refractivity contribution is 6.33. The van der Waals surface area contributed by atoms with Crippen LogP contribution >= 0.6 is 11.6 Å². The number of fused-ring (bicyclic) bond motifs is 4. The zero-order valence-corrected chi connectivity index (χ0v) is 28.0. The van der Waals surface area contributed by atoms with Crippen molar-refractivity contribution in [3.05, 3.63) is 148 Å². The molecule has 1 heterocycles. The number of ether oxygens (including phenoxy) is 1. The summed E-state index contributed by atoms with van der Waals surface area (Å²) in [5.74, 6) is -4.47. The number of hydrogen-bond acceptors (Lipinski definition) is 6. The van der Waals surface area contributed by atoms with Crippen LogP contribution in [0.3, 0.4) is 0 Å². The number of rotatable bonds is 6. The summed E-state index contributed by atoms with van der Waals surface area (Å²) in [5.41, 5.74) is 2.46. The Hall–Kier alpha value is -5.27. The SMILES string of the molecule is COc1cc([C@H]2C3=CC[C@@H]4C(=O)N(Cc5ccccc5)C(=O)[C@@H]4[C@@H]3C[C@H]3C(=O)C(c4ccccc4)=CC(=O)[C@@]23c2ccccc2)cc(Cl)c1O. The number of carbonyl (C=O) groups is 4. The molecular formula is C42H34ClNO6. The third kappa shape index (κ3) is 4.71. The predicted molar refractivity (Wildman–Crippen MR) is 188 cm³/mol. The summed E-state index contributed by atoms with van der Waals surface area (Å²) in [7, 11) is 1.42. The van der Waals surface area contributed by atoms with Crippen LogP contribution in [-0.2, 0) is 31.1 Å². The summed E-state index contributed by atoms with van der Waals surface area (Å²) in [4.78, 5) is 59.9. The maximum absolute atomic E-state index is 15.1. The molecule has 1 aliphatic heterocycles. The van der Waals surface area contributed by atoms with Gasteiger partial charge in [-0.3, -0.25) is 24.1 Å². The first-order chi connectivity index (χ1) is 24.2. The standard InChI is InChI=1S/C42H34ClNO6/c1-50-34-20-26(19-33(43)39(34)47)37-28-17-18-29-36(41(49)44(40(29)48)23-24-11-5-2-6-12-24)31(28)21-32-38(46)30(25-13-7-3-8-14-25)22-35(45)42(32,37)27-15-9-4-10-16-27/h2-17,19-20,22,29,31-32,36-37,47H,18,21,23H2,1H3/t29-,31+,32-,36-,37-,42-/m0/s1. The number of phenols is 1. The molecule has 0 spiro atoms. The van der Waals surface area contributed by atoms with Crippen molar-refractivity contribution in [2.24, 2.45) is 23.7 Å². The molecule has 7 nitrogen and oxygen atoms in total. The van der Waals surface area contributed by atoms with Crippen molar-refractivity contribution < 1.29 is 29.0 Å². The van der Waals surface area contributed by atoms with Crippen LogP contribution in [0.25, 0.3) is 5.57 Å².